The molecule has 0 aliphatic carbocycles. The number of benzene rings is 1. The van der Waals surface area contributed by atoms with E-state index in [2.05, 4.69) is 20.3 Å². The molecule has 0 aliphatic heterocycles. The molecule has 2 aromatic heterocycles. The molecule has 0 saturated carbocycles. The summed E-state index contributed by atoms with van der Waals surface area (Å²) in [7, 11) is 1.48. The predicted octanol–water partition coefficient (Wildman–Crippen LogP) is 2.54. The largest absolute Gasteiger partial charge is 0.501 e. The molecule has 0 aliphatic rings. The number of pyridine rings is 1. The second-order valence-corrected chi connectivity index (χ2v) is 6.40. The molecule has 3 rings (SSSR count). The third-order valence-corrected chi connectivity index (χ3v) is 4.30. The first-order valence-electron chi connectivity index (χ1n) is 8.97. The average molecular weight is 434 g/mol. The number of carbonyl (C=O) groups is 1. The fourth-order valence-corrected chi connectivity index (χ4v) is 2.70. The Kier molecular flexibility index (Phi) is 6.23. The molecule has 3 N–H and O–H groups in total. The Morgan fingerprint density at radius 3 is 2.58 bits per heavy atom. The Morgan fingerprint density at radius 2 is 1.94 bits per heavy atom. The number of aromatic amines is 1. The maximum atomic E-state index is 12.7. The summed E-state index contributed by atoms with van der Waals surface area (Å²) in [6, 6.07) is 7.29. The standard InChI is InChI=1S/C20H17F3N4O4/c1-31-14-10-11(6-8-24-14)7-9-25-18(29)15-16(28)19(30)27-17(26-15)12-2-4-13(5-3-12)20(21,22)23/h2-6,8,10,28H,7,9H2,1H3,(H,25,29)(H,26,27,30). The Labute approximate surface area is 173 Å². The molecular formula is C20H17F3N4O4. The van der Waals surface area contributed by atoms with Gasteiger partial charge in [0, 0.05) is 24.4 Å². The number of rotatable bonds is 6. The number of methoxy groups -OCH3 is 1. The monoisotopic (exact) mass is 434 g/mol. The molecule has 162 valence electrons. The van der Waals surface area contributed by atoms with E-state index in [4.69, 9.17) is 4.74 Å². The number of hydrogen-bond donors (Lipinski definition) is 3. The molecule has 8 nitrogen and oxygen atoms in total. The van der Waals surface area contributed by atoms with Crippen LogP contribution in [-0.2, 0) is 12.6 Å². The van der Waals surface area contributed by atoms with Crippen LogP contribution in [0.5, 0.6) is 11.6 Å². The van der Waals surface area contributed by atoms with Crippen LogP contribution < -0.4 is 15.6 Å². The number of nitrogens with one attached hydrogen (secondary N) is 2. The highest BCUT2D eigenvalue weighted by atomic mass is 19.4. The van der Waals surface area contributed by atoms with Gasteiger partial charge in [0.2, 0.25) is 11.6 Å². The van der Waals surface area contributed by atoms with Gasteiger partial charge >= 0.3 is 6.18 Å². The van der Waals surface area contributed by atoms with Crippen LogP contribution in [-0.4, -0.2) is 39.6 Å². The minimum Gasteiger partial charge on any atom is -0.501 e. The number of alkyl halides is 3. The van der Waals surface area contributed by atoms with Gasteiger partial charge in [-0.1, -0.05) is 12.1 Å². The van der Waals surface area contributed by atoms with E-state index in [1.165, 1.54) is 7.11 Å². The van der Waals surface area contributed by atoms with E-state index in [1.807, 2.05) is 0 Å². The Bertz CT molecular complexity index is 1140. The van der Waals surface area contributed by atoms with Crippen LogP contribution >= 0.6 is 0 Å². The number of aromatic nitrogens is 3. The lowest BCUT2D eigenvalue weighted by Crippen LogP contribution is -2.28. The summed E-state index contributed by atoms with van der Waals surface area (Å²) < 4.78 is 43.2. The lowest BCUT2D eigenvalue weighted by Gasteiger charge is -2.10. The highest BCUT2D eigenvalue weighted by Gasteiger charge is 2.30. The lowest BCUT2D eigenvalue weighted by molar-refractivity contribution is -0.137. The number of ether oxygens (including phenoxy) is 1. The zero-order chi connectivity index (χ0) is 22.6. The van der Waals surface area contributed by atoms with Crippen LogP contribution in [0.3, 0.4) is 0 Å². The molecule has 31 heavy (non-hydrogen) atoms. The SMILES string of the molecule is COc1cc(CCNC(=O)c2nc(-c3ccc(C(F)(F)F)cc3)[nH]c(=O)c2O)ccn1. The van der Waals surface area contributed by atoms with Crippen LogP contribution in [0, 0.1) is 0 Å². The highest BCUT2D eigenvalue weighted by molar-refractivity contribution is 5.95. The topological polar surface area (TPSA) is 117 Å². The van der Waals surface area contributed by atoms with Crippen molar-refractivity contribution in [3.05, 3.63) is 69.8 Å². The van der Waals surface area contributed by atoms with Gasteiger partial charge in [0.25, 0.3) is 11.5 Å². The zero-order valence-electron chi connectivity index (χ0n) is 16.2. The van der Waals surface area contributed by atoms with Crippen molar-refractivity contribution < 1.29 is 27.8 Å². The van der Waals surface area contributed by atoms with Gasteiger partial charge in [0.15, 0.2) is 5.69 Å². The van der Waals surface area contributed by atoms with Gasteiger partial charge in [-0.2, -0.15) is 13.2 Å². The summed E-state index contributed by atoms with van der Waals surface area (Å²) in [4.78, 5) is 34.6. The maximum absolute atomic E-state index is 12.7. The van der Waals surface area contributed by atoms with Crippen molar-refractivity contribution in [2.24, 2.45) is 0 Å². The summed E-state index contributed by atoms with van der Waals surface area (Å²) in [5.74, 6) is -1.43. The normalized spacial score (nSPS) is 11.2. The molecule has 0 spiro atoms. The van der Waals surface area contributed by atoms with Crippen molar-refractivity contribution in [2.45, 2.75) is 12.6 Å². The molecule has 0 unspecified atom stereocenters. The van der Waals surface area contributed by atoms with Crippen molar-refractivity contribution in [2.75, 3.05) is 13.7 Å². The van der Waals surface area contributed by atoms with E-state index in [0.717, 1.165) is 29.8 Å². The van der Waals surface area contributed by atoms with Crippen molar-refractivity contribution in [3.8, 4) is 23.0 Å². The molecule has 0 bridgehead atoms. The van der Waals surface area contributed by atoms with Crippen LogP contribution in [0.4, 0.5) is 13.2 Å². The van der Waals surface area contributed by atoms with E-state index < -0.39 is 34.6 Å². The van der Waals surface area contributed by atoms with E-state index in [-0.39, 0.29) is 17.9 Å². The second-order valence-electron chi connectivity index (χ2n) is 6.40. The molecular weight excluding hydrogens is 417 g/mol. The van der Waals surface area contributed by atoms with Gasteiger partial charge in [0.05, 0.1) is 12.7 Å². The molecule has 0 saturated heterocycles. The number of hydrogen-bond acceptors (Lipinski definition) is 6. The minimum absolute atomic E-state index is 0.142. The van der Waals surface area contributed by atoms with Gasteiger partial charge in [0.1, 0.15) is 5.82 Å². The lowest BCUT2D eigenvalue weighted by atomic mass is 10.1. The van der Waals surface area contributed by atoms with E-state index >= 15 is 0 Å². The Hall–Kier alpha value is -3.89. The Morgan fingerprint density at radius 1 is 1.23 bits per heavy atom. The second kappa shape index (κ2) is 8.86. The summed E-state index contributed by atoms with van der Waals surface area (Å²) in [5.41, 5.74) is -1.42. The number of aromatic hydroxyl groups is 1. The minimum atomic E-state index is -4.52. The fraction of sp³-hybridized carbons (Fsp3) is 0.200. The molecule has 1 amide bonds. The van der Waals surface area contributed by atoms with Crippen LogP contribution in [0.1, 0.15) is 21.6 Å². The van der Waals surface area contributed by atoms with E-state index in [1.54, 1.807) is 18.3 Å². The number of amides is 1. The third kappa shape index (κ3) is 5.18. The van der Waals surface area contributed by atoms with Gasteiger partial charge < -0.3 is 20.1 Å². The van der Waals surface area contributed by atoms with Crippen molar-refractivity contribution >= 4 is 5.91 Å². The number of H-pyrrole nitrogens is 1. The summed E-state index contributed by atoms with van der Waals surface area (Å²) >= 11 is 0. The Balaban J connectivity index is 1.77. The first kappa shape index (κ1) is 21.8. The molecule has 11 heteroatoms. The van der Waals surface area contributed by atoms with E-state index in [0.29, 0.717) is 12.3 Å². The van der Waals surface area contributed by atoms with Crippen molar-refractivity contribution in [1.29, 1.82) is 0 Å². The van der Waals surface area contributed by atoms with Crippen molar-refractivity contribution in [3.63, 3.8) is 0 Å². The highest BCUT2D eigenvalue weighted by Crippen LogP contribution is 2.30. The molecule has 0 fully saturated rings. The van der Waals surface area contributed by atoms with Gasteiger partial charge in [-0.05, 0) is 30.2 Å². The zero-order valence-corrected chi connectivity index (χ0v) is 16.2. The van der Waals surface area contributed by atoms with Crippen molar-refractivity contribution in [1.82, 2.24) is 20.3 Å². The van der Waals surface area contributed by atoms with Crippen LogP contribution in [0.2, 0.25) is 0 Å². The first-order chi connectivity index (χ1) is 14.7. The van der Waals surface area contributed by atoms with Gasteiger partial charge in [-0.25, -0.2) is 9.97 Å². The molecule has 0 radical (unpaired) electrons. The third-order valence-electron chi connectivity index (χ3n) is 4.30. The molecule has 3 aromatic rings. The molecule has 2 heterocycles. The summed E-state index contributed by atoms with van der Waals surface area (Å²) in [6.45, 7) is 0.162. The summed E-state index contributed by atoms with van der Waals surface area (Å²) in [6.07, 6.45) is -2.55. The quantitative estimate of drug-likeness (QED) is 0.549. The summed E-state index contributed by atoms with van der Waals surface area (Å²) in [5, 5.41) is 12.5. The number of halogens is 3. The maximum Gasteiger partial charge on any atom is 0.416 e. The average Bonchev–Trinajstić information content (AvgIpc) is 2.75. The first-order valence-corrected chi connectivity index (χ1v) is 8.97. The smallest absolute Gasteiger partial charge is 0.416 e. The number of carbonyl (C=O) groups excluding carboxylic acids is 1. The molecule has 0 atom stereocenters. The number of nitrogens with zero attached hydrogens (tertiary/aromatic N) is 2. The van der Waals surface area contributed by atoms with Gasteiger partial charge in [-0.3, -0.25) is 9.59 Å². The van der Waals surface area contributed by atoms with E-state index in [9.17, 15) is 27.9 Å². The van der Waals surface area contributed by atoms with Gasteiger partial charge in [-0.15, -0.1) is 0 Å². The molecule has 1 aromatic carbocycles. The predicted molar refractivity (Wildman–Crippen MR) is 104 cm³/mol. The van der Waals surface area contributed by atoms with Crippen LogP contribution in [0.15, 0.2) is 47.4 Å². The fourth-order valence-electron chi connectivity index (χ4n) is 2.70. The van der Waals surface area contributed by atoms with Crippen LogP contribution in [0.25, 0.3) is 11.4 Å².